The third-order valence-electron chi connectivity index (χ3n) is 3.92. The van der Waals surface area contributed by atoms with Crippen molar-refractivity contribution >= 4 is 11.3 Å². The molecule has 0 saturated carbocycles. The molecule has 1 aromatic rings. The van der Waals surface area contributed by atoms with E-state index in [0.717, 1.165) is 6.54 Å². The van der Waals surface area contributed by atoms with E-state index in [1.165, 1.54) is 30.7 Å². The zero-order valence-electron chi connectivity index (χ0n) is 11.2. The number of hydrogen-bond donors (Lipinski definition) is 1. The van der Waals surface area contributed by atoms with E-state index in [9.17, 15) is 0 Å². The normalized spacial score (nSPS) is 27.3. The fourth-order valence-electron chi connectivity index (χ4n) is 2.69. The smallest absolute Gasteiger partial charge is 0.0411 e. The van der Waals surface area contributed by atoms with Crippen molar-refractivity contribution in [1.82, 2.24) is 10.2 Å². The Morgan fingerprint density at radius 3 is 2.94 bits per heavy atom. The maximum absolute atomic E-state index is 3.69. The Labute approximate surface area is 109 Å². The monoisotopic (exact) mass is 252 g/mol. The minimum Gasteiger partial charge on any atom is -0.310 e. The van der Waals surface area contributed by atoms with E-state index in [1.807, 2.05) is 11.3 Å². The molecule has 0 spiro atoms. The maximum Gasteiger partial charge on any atom is 0.0411 e. The lowest BCUT2D eigenvalue weighted by molar-refractivity contribution is 0.158. The van der Waals surface area contributed by atoms with Gasteiger partial charge in [-0.1, -0.05) is 12.5 Å². The quantitative estimate of drug-likeness (QED) is 0.885. The SMILES string of the molecule is CC(c1cccs1)N(C)CC1(C)CCCCN1. The second-order valence-electron chi connectivity index (χ2n) is 5.55. The summed E-state index contributed by atoms with van der Waals surface area (Å²) in [6.07, 6.45) is 4.00. The van der Waals surface area contributed by atoms with Gasteiger partial charge in [-0.05, 0) is 51.7 Å². The molecule has 1 aliphatic rings. The molecule has 0 aromatic carbocycles. The lowest BCUT2D eigenvalue weighted by atomic mass is 9.90. The van der Waals surface area contributed by atoms with Crippen molar-refractivity contribution in [1.29, 1.82) is 0 Å². The Kier molecular flexibility index (Phi) is 4.23. The number of rotatable bonds is 4. The van der Waals surface area contributed by atoms with Gasteiger partial charge in [-0.15, -0.1) is 11.3 Å². The van der Waals surface area contributed by atoms with Crippen LogP contribution in [0.2, 0.25) is 0 Å². The highest BCUT2D eigenvalue weighted by molar-refractivity contribution is 7.10. The predicted octanol–water partition coefficient (Wildman–Crippen LogP) is 3.27. The summed E-state index contributed by atoms with van der Waals surface area (Å²) in [7, 11) is 2.24. The van der Waals surface area contributed by atoms with Gasteiger partial charge in [0, 0.05) is 23.0 Å². The molecule has 2 unspecified atom stereocenters. The van der Waals surface area contributed by atoms with Crippen LogP contribution < -0.4 is 5.32 Å². The Balaban J connectivity index is 1.93. The first-order chi connectivity index (χ1) is 8.11. The van der Waals surface area contributed by atoms with Crippen molar-refractivity contribution < 1.29 is 0 Å². The van der Waals surface area contributed by atoms with Crippen LogP contribution in [0.3, 0.4) is 0 Å². The van der Waals surface area contributed by atoms with Gasteiger partial charge in [-0.3, -0.25) is 4.90 Å². The van der Waals surface area contributed by atoms with E-state index in [0.29, 0.717) is 11.6 Å². The van der Waals surface area contributed by atoms with E-state index < -0.39 is 0 Å². The third kappa shape index (κ3) is 3.30. The van der Waals surface area contributed by atoms with Crippen LogP contribution >= 0.6 is 11.3 Å². The van der Waals surface area contributed by atoms with Crippen molar-refractivity contribution in [3.63, 3.8) is 0 Å². The van der Waals surface area contributed by atoms with Crippen molar-refractivity contribution in [2.24, 2.45) is 0 Å². The van der Waals surface area contributed by atoms with Crippen LogP contribution in [0.4, 0.5) is 0 Å². The first-order valence-corrected chi connectivity index (χ1v) is 7.47. The molecule has 1 aliphatic heterocycles. The minimum atomic E-state index is 0.304. The second kappa shape index (κ2) is 5.51. The van der Waals surface area contributed by atoms with Gasteiger partial charge in [0.15, 0.2) is 0 Å². The number of thiophene rings is 1. The standard InChI is InChI=1S/C14H24N2S/c1-12(13-7-6-10-17-13)16(3)11-14(2)8-4-5-9-15-14/h6-7,10,12,15H,4-5,8-9,11H2,1-3H3. The zero-order chi connectivity index (χ0) is 12.3. The summed E-state index contributed by atoms with van der Waals surface area (Å²) in [6, 6.07) is 4.91. The molecule has 2 atom stereocenters. The van der Waals surface area contributed by atoms with Crippen LogP contribution in [0.25, 0.3) is 0 Å². The molecule has 1 N–H and O–H groups in total. The molecule has 17 heavy (non-hydrogen) atoms. The lowest BCUT2D eigenvalue weighted by Gasteiger charge is -2.39. The largest absolute Gasteiger partial charge is 0.310 e. The number of hydrogen-bond acceptors (Lipinski definition) is 3. The van der Waals surface area contributed by atoms with Crippen LogP contribution in [0, 0.1) is 0 Å². The molecule has 2 heterocycles. The average Bonchev–Trinajstić information content (AvgIpc) is 2.81. The molecule has 1 saturated heterocycles. The molecule has 0 aliphatic carbocycles. The molecule has 0 bridgehead atoms. The highest BCUT2D eigenvalue weighted by Gasteiger charge is 2.29. The number of nitrogens with one attached hydrogen (secondary N) is 1. The van der Waals surface area contributed by atoms with Gasteiger partial charge in [0.2, 0.25) is 0 Å². The summed E-state index contributed by atoms with van der Waals surface area (Å²) in [6.45, 7) is 6.98. The maximum atomic E-state index is 3.69. The van der Waals surface area contributed by atoms with Gasteiger partial charge in [0.1, 0.15) is 0 Å². The highest BCUT2D eigenvalue weighted by Crippen LogP contribution is 2.27. The third-order valence-corrected chi connectivity index (χ3v) is 4.96. The summed E-state index contributed by atoms with van der Waals surface area (Å²) in [5.74, 6) is 0. The number of piperidine rings is 1. The summed E-state index contributed by atoms with van der Waals surface area (Å²) in [5, 5.41) is 5.86. The van der Waals surface area contributed by atoms with E-state index in [1.54, 1.807) is 0 Å². The average molecular weight is 252 g/mol. The van der Waals surface area contributed by atoms with Gasteiger partial charge in [0.25, 0.3) is 0 Å². The van der Waals surface area contributed by atoms with Crippen LogP contribution in [-0.2, 0) is 0 Å². The summed E-state index contributed by atoms with van der Waals surface area (Å²) < 4.78 is 0. The summed E-state index contributed by atoms with van der Waals surface area (Å²) in [5.41, 5.74) is 0.304. The van der Waals surface area contributed by atoms with Crippen molar-refractivity contribution in [3.05, 3.63) is 22.4 Å². The number of likely N-dealkylation sites (N-methyl/N-ethyl adjacent to an activating group) is 1. The molecule has 0 amide bonds. The molecule has 96 valence electrons. The second-order valence-corrected chi connectivity index (χ2v) is 6.53. The van der Waals surface area contributed by atoms with Gasteiger partial charge in [-0.25, -0.2) is 0 Å². The van der Waals surface area contributed by atoms with Crippen LogP contribution in [0.1, 0.15) is 44.0 Å². The van der Waals surface area contributed by atoms with Crippen LogP contribution in [0.5, 0.6) is 0 Å². The van der Waals surface area contributed by atoms with Gasteiger partial charge >= 0.3 is 0 Å². The Morgan fingerprint density at radius 1 is 1.53 bits per heavy atom. The Bertz CT molecular complexity index is 328. The highest BCUT2D eigenvalue weighted by atomic mass is 32.1. The molecule has 1 aromatic heterocycles. The van der Waals surface area contributed by atoms with Gasteiger partial charge in [0.05, 0.1) is 0 Å². The molecule has 2 rings (SSSR count). The Morgan fingerprint density at radius 2 is 2.35 bits per heavy atom. The van der Waals surface area contributed by atoms with Gasteiger partial charge < -0.3 is 5.32 Å². The predicted molar refractivity (Wildman–Crippen MR) is 75.6 cm³/mol. The van der Waals surface area contributed by atoms with Crippen LogP contribution in [0.15, 0.2) is 17.5 Å². The van der Waals surface area contributed by atoms with Crippen molar-refractivity contribution in [2.75, 3.05) is 20.1 Å². The van der Waals surface area contributed by atoms with Crippen molar-refractivity contribution in [3.8, 4) is 0 Å². The fraction of sp³-hybridized carbons (Fsp3) is 0.714. The molecular formula is C14H24N2S. The molecular weight excluding hydrogens is 228 g/mol. The summed E-state index contributed by atoms with van der Waals surface area (Å²) in [4.78, 5) is 3.94. The van der Waals surface area contributed by atoms with Crippen molar-refractivity contribution in [2.45, 2.75) is 44.7 Å². The molecule has 1 fully saturated rings. The van der Waals surface area contributed by atoms with E-state index in [4.69, 9.17) is 0 Å². The lowest BCUT2D eigenvalue weighted by Crippen LogP contribution is -2.53. The fourth-order valence-corrected chi connectivity index (χ4v) is 3.54. The zero-order valence-corrected chi connectivity index (χ0v) is 12.0. The molecule has 3 heteroatoms. The summed E-state index contributed by atoms with van der Waals surface area (Å²) >= 11 is 1.86. The first kappa shape index (κ1) is 13.1. The van der Waals surface area contributed by atoms with E-state index in [-0.39, 0.29) is 0 Å². The van der Waals surface area contributed by atoms with E-state index in [2.05, 4.69) is 48.6 Å². The number of nitrogens with zero attached hydrogens (tertiary/aromatic N) is 1. The van der Waals surface area contributed by atoms with E-state index >= 15 is 0 Å². The minimum absolute atomic E-state index is 0.304. The topological polar surface area (TPSA) is 15.3 Å². The van der Waals surface area contributed by atoms with Gasteiger partial charge in [-0.2, -0.15) is 0 Å². The Hall–Kier alpha value is -0.380. The van der Waals surface area contributed by atoms with Crippen LogP contribution in [-0.4, -0.2) is 30.6 Å². The first-order valence-electron chi connectivity index (χ1n) is 6.59. The molecule has 0 radical (unpaired) electrons. The molecule has 2 nitrogen and oxygen atoms in total.